The Morgan fingerprint density at radius 1 is 1.54 bits per heavy atom. The van der Waals surface area contributed by atoms with Crippen LogP contribution in [0.1, 0.15) is 19.8 Å². The summed E-state index contributed by atoms with van der Waals surface area (Å²) in [4.78, 5) is 0. The van der Waals surface area contributed by atoms with Crippen LogP contribution in [-0.4, -0.2) is 24.1 Å². The number of ether oxygens (including phenoxy) is 1. The van der Waals surface area contributed by atoms with E-state index < -0.39 is 0 Å². The van der Waals surface area contributed by atoms with Crippen molar-refractivity contribution in [2.75, 3.05) is 6.61 Å². The van der Waals surface area contributed by atoms with Gasteiger partial charge in [0.05, 0.1) is 33.3 Å². The van der Waals surface area contributed by atoms with Gasteiger partial charge in [0, 0.05) is 27.6 Å². The van der Waals surface area contributed by atoms with Crippen LogP contribution in [0.5, 0.6) is 0 Å². The molecule has 1 rings (SSSR count). The fourth-order valence-corrected chi connectivity index (χ4v) is 4.34. The molecule has 3 atom stereocenters. The van der Waals surface area contributed by atoms with Crippen molar-refractivity contribution in [2.45, 2.75) is 37.2 Å². The third kappa shape index (κ3) is 4.21. The molecule has 13 heavy (non-hydrogen) atoms. The van der Waals surface area contributed by atoms with Crippen LogP contribution in [0.4, 0.5) is 0 Å². The van der Waals surface area contributed by atoms with E-state index in [-0.39, 0.29) is 0 Å². The first-order chi connectivity index (χ1) is 6.31. The van der Waals surface area contributed by atoms with Gasteiger partial charge in [-0.2, -0.15) is 0 Å². The molecule has 2 nitrogen and oxygen atoms in total. The molecule has 0 N–H and O–H groups in total. The highest BCUT2D eigenvalue weighted by atomic mass is 127. The summed E-state index contributed by atoms with van der Waals surface area (Å²) in [6.45, 7) is 2.99. The van der Waals surface area contributed by atoms with Crippen LogP contribution in [0.2, 0.25) is 0 Å². The van der Waals surface area contributed by atoms with E-state index in [0.717, 1.165) is 19.4 Å². The summed E-state index contributed by atoms with van der Waals surface area (Å²) in [5.41, 5.74) is 0. The molecule has 0 aromatic rings. The Morgan fingerprint density at radius 3 is 2.85 bits per heavy atom. The summed E-state index contributed by atoms with van der Waals surface area (Å²) in [6, 6.07) is 0. The van der Waals surface area contributed by atoms with E-state index in [1.165, 1.54) is 9.21 Å². The molecule has 3 unspecified atom stereocenters. The number of rotatable bonds is 4. The van der Waals surface area contributed by atoms with Gasteiger partial charge in [-0.1, -0.05) is 15.9 Å². The molecular weight excluding hydrogens is 434 g/mol. The van der Waals surface area contributed by atoms with Crippen LogP contribution in [-0.2, 0) is 8.92 Å². The lowest BCUT2D eigenvalue weighted by Crippen LogP contribution is -2.39. The zero-order chi connectivity index (χ0) is 9.68. The van der Waals surface area contributed by atoms with Crippen LogP contribution >= 0.6 is 60.6 Å². The molecule has 0 bridgehead atoms. The molecule has 0 aromatic carbocycles. The first-order valence-corrected chi connectivity index (χ1v) is 10.9. The minimum absolute atomic E-state index is 0.350. The highest BCUT2D eigenvalue weighted by Gasteiger charge is 2.31. The summed E-state index contributed by atoms with van der Waals surface area (Å²) in [6.07, 6.45) is 2.87. The van der Waals surface area contributed by atoms with Crippen molar-refractivity contribution in [2.24, 2.45) is 0 Å². The molecule has 0 radical (unpaired) electrons. The van der Waals surface area contributed by atoms with Crippen molar-refractivity contribution in [3.05, 3.63) is 0 Å². The van der Waals surface area contributed by atoms with E-state index in [2.05, 4.69) is 49.3 Å². The number of hydrogen-bond donors (Lipinski definition) is 0. The van der Waals surface area contributed by atoms with Crippen molar-refractivity contribution < 1.29 is 8.92 Å². The minimum Gasteiger partial charge on any atom is -0.377 e. The molecule has 0 spiro atoms. The monoisotopic (exact) mass is 446 g/mol. The maximum absolute atomic E-state index is 5.69. The summed E-state index contributed by atoms with van der Waals surface area (Å²) >= 11 is 4.50. The van der Waals surface area contributed by atoms with Crippen LogP contribution in [0.15, 0.2) is 0 Å². The fourth-order valence-electron chi connectivity index (χ4n) is 1.33. The van der Waals surface area contributed by atoms with Gasteiger partial charge in [0.25, 0.3) is 0 Å². The van der Waals surface area contributed by atoms with E-state index >= 15 is 0 Å². The second kappa shape index (κ2) is 7.37. The Kier molecular flexibility index (Phi) is 7.45. The molecule has 78 valence electrons. The zero-order valence-corrected chi connectivity index (χ0v) is 13.2. The molecule has 1 fully saturated rings. The molecule has 0 aliphatic carbocycles. The quantitative estimate of drug-likeness (QED) is 0.480. The van der Waals surface area contributed by atoms with Gasteiger partial charge in [0.1, 0.15) is 0 Å². The maximum Gasteiger partial charge on any atom is 0.0905 e. The topological polar surface area (TPSA) is 18.5 Å². The summed E-state index contributed by atoms with van der Waals surface area (Å²) in [5.74, 6) is 0. The molecule has 1 saturated heterocycles. The Labute approximate surface area is 112 Å². The molecule has 1 heterocycles. The third-order valence-electron chi connectivity index (χ3n) is 2.14. The fraction of sp³-hybridized carbons (Fsp3) is 1.00. The largest absolute Gasteiger partial charge is 0.377 e. The molecule has 6 heteroatoms. The molecule has 1 aliphatic rings. The van der Waals surface area contributed by atoms with Gasteiger partial charge in [-0.25, -0.2) is 0 Å². The van der Waals surface area contributed by atoms with Crippen molar-refractivity contribution in [3.8, 4) is 0 Å². The van der Waals surface area contributed by atoms with E-state index in [9.17, 15) is 0 Å². The Balaban J connectivity index is 2.42. The Bertz CT molecular complexity index is 150. The van der Waals surface area contributed by atoms with E-state index in [1.807, 2.05) is 8.93 Å². The van der Waals surface area contributed by atoms with Gasteiger partial charge < -0.3 is 8.92 Å². The normalized spacial score (nSPS) is 34.8. The van der Waals surface area contributed by atoms with Crippen LogP contribution < -0.4 is 0 Å². The van der Waals surface area contributed by atoms with Crippen molar-refractivity contribution >= 4 is 60.6 Å². The Morgan fingerprint density at radius 2 is 2.31 bits per heavy atom. The van der Waals surface area contributed by atoms with Crippen LogP contribution in [0.25, 0.3) is 0 Å². The lowest BCUT2D eigenvalue weighted by atomic mass is 10.0. The molecule has 1 aliphatic heterocycles. The third-order valence-corrected chi connectivity index (χ3v) is 5.71. The van der Waals surface area contributed by atoms with Crippen molar-refractivity contribution in [3.63, 3.8) is 0 Å². The van der Waals surface area contributed by atoms with Gasteiger partial charge in [0.2, 0.25) is 0 Å². The summed E-state index contributed by atoms with van der Waals surface area (Å²) < 4.78 is 11.3. The van der Waals surface area contributed by atoms with Gasteiger partial charge in [0.15, 0.2) is 0 Å². The standard InChI is InChI=1S/C7H12I2O2S2/c1-2-5-3-6(11-13-9)7(12-8)4-10-5/h5-7H,2-4H2,1H3. The second-order valence-corrected chi connectivity index (χ2v) is 6.63. The van der Waals surface area contributed by atoms with Crippen molar-refractivity contribution in [1.29, 1.82) is 0 Å². The second-order valence-electron chi connectivity index (χ2n) is 2.92. The minimum atomic E-state index is 0.350. The first kappa shape index (κ1) is 13.1. The average molecular weight is 446 g/mol. The average Bonchev–Trinajstić information content (AvgIpc) is 2.18. The summed E-state index contributed by atoms with van der Waals surface area (Å²) in [5, 5.41) is 0.491. The van der Waals surface area contributed by atoms with Crippen molar-refractivity contribution in [1.82, 2.24) is 0 Å². The molecule has 0 amide bonds. The van der Waals surface area contributed by atoms with E-state index in [4.69, 9.17) is 8.92 Å². The number of hydrogen-bond acceptors (Lipinski definition) is 4. The zero-order valence-electron chi connectivity index (χ0n) is 7.24. The molecule has 0 aromatic heterocycles. The van der Waals surface area contributed by atoms with Gasteiger partial charge in [-0.05, 0) is 27.6 Å². The summed E-state index contributed by atoms with van der Waals surface area (Å²) in [7, 11) is 3.25. The Hall–Kier alpha value is 2.08. The van der Waals surface area contributed by atoms with E-state index in [0.29, 0.717) is 17.5 Å². The predicted octanol–water partition coefficient (Wildman–Crippen LogP) is 4.02. The highest BCUT2D eigenvalue weighted by molar-refractivity contribution is 14.2. The lowest BCUT2D eigenvalue weighted by molar-refractivity contribution is -0.0249. The predicted molar refractivity (Wildman–Crippen MR) is 76.5 cm³/mol. The van der Waals surface area contributed by atoms with Gasteiger partial charge in [-0.3, -0.25) is 0 Å². The highest BCUT2D eigenvalue weighted by Crippen LogP contribution is 2.34. The molecular formula is C7H12I2O2S2. The first-order valence-electron chi connectivity index (χ1n) is 4.14. The smallest absolute Gasteiger partial charge is 0.0905 e. The lowest BCUT2D eigenvalue weighted by Gasteiger charge is -2.33. The van der Waals surface area contributed by atoms with E-state index in [1.54, 1.807) is 0 Å². The van der Waals surface area contributed by atoms with Crippen LogP contribution in [0.3, 0.4) is 0 Å². The van der Waals surface area contributed by atoms with Gasteiger partial charge in [-0.15, -0.1) is 0 Å². The SMILES string of the molecule is CCC1CC(OSI)C(SI)CO1. The number of halogens is 2. The van der Waals surface area contributed by atoms with Crippen LogP contribution in [0, 0.1) is 0 Å². The maximum atomic E-state index is 5.69. The van der Waals surface area contributed by atoms with Gasteiger partial charge >= 0.3 is 0 Å². The molecule has 0 saturated carbocycles.